The third-order valence-electron chi connectivity index (χ3n) is 7.19. The van der Waals surface area contributed by atoms with E-state index in [1.165, 1.54) is 5.56 Å². The normalized spacial score (nSPS) is 33.1. The highest BCUT2D eigenvalue weighted by atomic mass is 16.5. The highest BCUT2D eigenvalue weighted by Crippen LogP contribution is 2.62. The second-order valence-corrected chi connectivity index (χ2v) is 8.74. The first-order valence-electron chi connectivity index (χ1n) is 9.90. The molecule has 0 saturated heterocycles. The van der Waals surface area contributed by atoms with Gasteiger partial charge in [0.1, 0.15) is 12.2 Å². The number of aliphatic carboxylic acids is 1. The SMILES string of the molecule is CC1CCC2(C)C(OC(=O)CC(=O)O)=CCCC2C1(C)CCc1ccoc1. The first kappa shape index (κ1) is 19.7. The first-order valence-corrected chi connectivity index (χ1v) is 9.90. The molecule has 1 saturated carbocycles. The molecule has 3 rings (SSSR count). The lowest BCUT2D eigenvalue weighted by atomic mass is 9.48. The van der Waals surface area contributed by atoms with Gasteiger partial charge in [-0.15, -0.1) is 0 Å². The Labute approximate surface area is 160 Å². The number of rotatable bonds is 6. The van der Waals surface area contributed by atoms with Gasteiger partial charge in [0.25, 0.3) is 0 Å². The summed E-state index contributed by atoms with van der Waals surface area (Å²) in [4.78, 5) is 22.8. The molecule has 2 aliphatic rings. The van der Waals surface area contributed by atoms with E-state index in [-0.39, 0.29) is 10.8 Å². The van der Waals surface area contributed by atoms with Crippen molar-refractivity contribution in [1.29, 1.82) is 0 Å². The molecule has 5 nitrogen and oxygen atoms in total. The van der Waals surface area contributed by atoms with Gasteiger partial charge in [0, 0.05) is 5.41 Å². The molecule has 5 heteroatoms. The van der Waals surface area contributed by atoms with E-state index in [0.29, 0.717) is 17.6 Å². The van der Waals surface area contributed by atoms with Crippen LogP contribution in [0.3, 0.4) is 0 Å². The van der Waals surface area contributed by atoms with Crippen LogP contribution in [-0.2, 0) is 20.7 Å². The Morgan fingerprint density at radius 2 is 2.11 bits per heavy atom. The number of ether oxygens (including phenoxy) is 1. The first-order chi connectivity index (χ1) is 12.8. The molecule has 27 heavy (non-hydrogen) atoms. The van der Waals surface area contributed by atoms with Crippen molar-refractivity contribution in [3.63, 3.8) is 0 Å². The molecule has 0 bridgehead atoms. The van der Waals surface area contributed by atoms with Crippen molar-refractivity contribution in [3.8, 4) is 0 Å². The third-order valence-corrected chi connectivity index (χ3v) is 7.19. The number of esters is 1. The summed E-state index contributed by atoms with van der Waals surface area (Å²) >= 11 is 0. The predicted octanol–water partition coefficient (Wildman–Crippen LogP) is 4.97. The van der Waals surface area contributed by atoms with Crippen molar-refractivity contribution in [1.82, 2.24) is 0 Å². The number of carbonyl (C=O) groups is 2. The van der Waals surface area contributed by atoms with Crippen LogP contribution in [-0.4, -0.2) is 17.0 Å². The zero-order valence-corrected chi connectivity index (χ0v) is 16.5. The zero-order valence-electron chi connectivity index (χ0n) is 16.5. The Morgan fingerprint density at radius 1 is 1.33 bits per heavy atom. The van der Waals surface area contributed by atoms with Gasteiger partial charge < -0.3 is 14.3 Å². The van der Waals surface area contributed by atoms with Crippen molar-refractivity contribution in [3.05, 3.63) is 36.0 Å². The van der Waals surface area contributed by atoms with Gasteiger partial charge in [-0.1, -0.05) is 20.8 Å². The predicted molar refractivity (Wildman–Crippen MR) is 101 cm³/mol. The van der Waals surface area contributed by atoms with Gasteiger partial charge in [-0.25, -0.2) is 0 Å². The van der Waals surface area contributed by atoms with Crippen LogP contribution in [0.4, 0.5) is 0 Å². The van der Waals surface area contributed by atoms with Crippen molar-refractivity contribution < 1.29 is 23.8 Å². The largest absolute Gasteiger partial charge is 0.481 e. The van der Waals surface area contributed by atoms with E-state index >= 15 is 0 Å². The van der Waals surface area contributed by atoms with Crippen LogP contribution in [0, 0.1) is 22.7 Å². The quantitative estimate of drug-likeness (QED) is 0.562. The number of aryl methyl sites for hydroxylation is 1. The highest BCUT2D eigenvalue weighted by Gasteiger charge is 2.55. The Morgan fingerprint density at radius 3 is 2.78 bits per heavy atom. The lowest BCUT2D eigenvalue weighted by Crippen LogP contribution is -2.50. The van der Waals surface area contributed by atoms with Crippen LogP contribution in [0.2, 0.25) is 0 Å². The molecule has 0 aliphatic heterocycles. The molecule has 1 fully saturated rings. The Bertz CT molecular complexity index is 719. The summed E-state index contributed by atoms with van der Waals surface area (Å²) in [6.45, 7) is 6.91. The lowest BCUT2D eigenvalue weighted by molar-refractivity contribution is -0.152. The maximum atomic E-state index is 12.0. The molecule has 2 aliphatic carbocycles. The van der Waals surface area contributed by atoms with E-state index in [1.807, 2.05) is 18.4 Å². The van der Waals surface area contributed by atoms with Gasteiger partial charge >= 0.3 is 11.9 Å². The van der Waals surface area contributed by atoms with Crippen LogP contribution in [0.1, 0.15) is 64.9 Å². The minimum Gasteiger partial charge on any atom is -0.481 e. The van der Waals surface area contributed by atoms with E-state index in [4.69, 9.17) is 14.3 Å². The van der Waals surface area contributed by atoms with E-state index in [0.717, 1.165) is 38.5 Å². The molecule has 0 aromatic carbocycles. The van der Waals surface area contributed by atoms with Crippen LogP contribution in [0.5, 0.6) is 0 Å². The summed E-state index contributed by atoms with van der Waals surface area (Å²) in [5, 5.41) is 8.86. The molecule has 1 heterocycles. The average molecular weight is 374 g/mol. The number of carbonyl (C=O) groups excluding carboxylic acids is 1. The maximum Gasteiger partial charge on any atom is 0.322 e. The van der Waals surface area contributed by atoms with Gasteiger partial charge in [0.15, 0.2) is 0 Å². The van der Waals surface area contributed by atoms with Gasteiger partial charge in [-0.2, -0.15) is 0 Å². The van der Waals surface area contributed by atoms with Crippen LogP contribution in [0.15, 0.2) is 34.8 Å². The number of allylic oxidation sites excluding steroid dienone is 2. The topological polar surface area (TPSA) is 76.7 Å². The molecule has 4 unspecified atom stereocenters. The lowest BCUT2D eigenvalue weighted by Gasteiger charge is -2.57. The van der Waals surface area contributed by atoms with E-state index in [2.05, 4.69) is 20.8 Å². The van der Waals surface area contributed by atoms with Gasteiger partial charge in [0.2, 0.25) is 0 Å². The monoisotopic (exact) mass is 374 g/mol. The Balaban J connectivity index is 1.81. The number of carboxylic acid groups (broad SMARTS) is 1. The minimum absolute atomic E-state index is 0.128. The molecule has 148 valence electrons. The van der Waals surface area contributed by atoms with E-state index in [1.54, 1.807) is 6.26 Å². The zero-order chi connectivity index (χ0) is 19.7. The van der Waals surface area contributed by atoms with Crippen molar-refractivity contribution in [2.24, 2.45) is 22.7 Å². The number of fused-ring (bicyclic) bond motifs is 1. The van der Waals surface area contributed by atoms with Crippen LogP contribution >= 0.6 is 0 Å². The fourth-order valence-corrected chi connectivity index (χ4v) is 5.36. The highest BCUT2D eigenvalue weighted by molar-refractivity contribution is 5.90. The molecular formula is C22H30O5. The van der Waals surface area contributed by atoms with Gasteiger partial charge in [0.05, 0.1) is 12.5 Å². The second-order valence-electron chi connectivity index (χ2n) is 8.74. The Kier molecular flexibility index (Phi) is 5.50. The van der Waals surface area contributed by atoms with Crippen molar-refractivity contribution >= 4 is 11.9 Å². The van der Waals surface area contributed by atoms with Crippen molar-refractivity contribution in [2.75, 3.05) is 0 Å². The van der Waals surface area contributed by atoms with E-state index < -0.39 is 18.4 Å². The molecule has 0 radical (unpaired) electrons. The fraction of sp³-hybridized carbons (Fsp3) is 0.636. The summed E-state index contributed by atoms with van der Waals surface area (Å²) in [6, 6.07) is 2.02. The standard InChI is InChI=1S/C22H30O5/c1-15-7-10-22(3)17(21(15,2)11-8-16-9-12-26-14-16)5-4-6-18(22)27-20(25)13-19(23)24/h6,9,12,14-15,17H,4-5,7-8,10-11,13H2,1-3H3,(H,23,24). The second kappa shape index (κ2) is 7.53. The number of carboxylic acids is 1. The van der Waals surface area contributed by atoms with Gasteiger partial charge in [-0.05, 0) is 73.5 Å². The molecule has 1 N–H and O–H groups in total. The Hall–Kier alpha value is -2.04. The molecule has 0 spiro atoms. The number of hydrogen-bond donors (Lipinski definition) is 1. The third kappa shape index (κ3) is 3.83. The summed E-state index contributed by atoms with van der Waals surface area (Å²) in [6.07, 6.45) is 11.0. The summed E-state index contributed by atoms with van der Waals surface area (Å²) in [7, 11) is 0. The number of hydrogen-bond acceptors (Lipinski definition) is 4. The van der Waals surface area contributed by atoms with Crippen LogP contribution < -0.4 is 0 Å². The smallest absolute Gasteiger partial charge is 0.322 e. The van der Waals surface area contributed by atoms with Gasteiger partial charge in [-0.3, -0.25) is 9.59 Å². The molecule has 0 amide bonds. The molecule has 1 aromatic rings. The number of furan rings is 1. The average Bonchev–Trinajstić information content (AvgIpc) is 3.11. The summed E-state index contributed by atoms with van der Waals surface area (Å²) < 4.78 is 10.8. The summed E-state index contributed by atoms with van der Waals surface area (Å²) in [5.74, 6) is -0.157. The van der Waals surface area contributed by atoms with E-state index in [9.17, 15) is 9.59 Å². The molecule has 4 atom stereocenters. The maximum absolute atomic E-state index is 12.0. The molecule has 1 aromatic heterocycles. The molecular weight excluding hydrogens is 344 g/mol. The van der Waals surface area contributed by atoms with Crippen molar-refractivity contribution in [2.45, 2.75) is 65.7 Å². The van der Waals surface area contributed by atoms with Crippen LogP contribution in [0.25, 0.3) is 0 Å². The fourth-order valence-electron chi connectivity index (χ4n) is 5.36. The summed E-state index contributed by atoms with van der Waals surface area (Å²) in [5.41, 5.74) is 1.13. The minimum atomic E-state index is -1.15.